The maximum absolute atomic E-state index is 12.1. The lowest BCUT2D eigenvalue weighted by Gasteiger charge is -2.04. The Hall–Kier alpha value is -1.16. The van der Waals surface area contributed by atoms with Crippen LogP contribution in [0.25, 0.3) is 0 Å². The van der Waals surface area contributed by atoms with Crippen molar-refractivity contribution < 1.29 is 14.1 Å². The second kappa shape index (κ2) is 9.70. The lowest BCUT2D eigenvalue weighted by Crippen LogP contribution is -2.01. The molecule has 0 fully saturated rings. The molecule has 3 nitrogen and oxygen atoms in total. The molecule has 1 N–H and O–H groups in total. The van der Waals surface area contributed by atoms with Crippen LogP contribution in [-0.2, 0) is 10.8 Å². The smallest absolute Gasteiger partial charge is 0.335 e. The summed E-state index contributed by atoms with van der Waals surface area (Å²) in [6.07, 6.45) is 8.35. The van der Waals surface area contributed by atoms with Crippen molar-refractivity contribution in [1.82, 2.24) is 0 Å². The molecule has 0 aliphatic heterocycles. The first-order valence-corrected chi connectivity index (χ1v) is 8.68. The predicted octanol–water partition coefficient (Wildman–Crippen LogP) is 4.24. The summed E-state index contributed by atoms with van der Waals surface area (Å²) < 4.78 is 12.1. The van der Waals surface area contributed by atoms with E-state index < -0.39 is 16.8 Å². The number of rotatable bonds is 10. The van der Waals surface area contributed by atoms with E-state index in [2.05, 4.69) is 6.92 Å². The molecule has 0 spiro atoms. The largest absolute Gasteiger partial charge is 0.478 e. The normalized spacial score (nSPS) is 12.2. The zero-order chi connectivity index (χ0) is 14.8. The van der Waals surface area contributed by atoms with E-state index >= 15 is 0 Å². The van der Waals surface area contributed by atoms with Gasteiger partial charge in [-0.15, -0.1) is 0 Å². The first-order valence-electron chi connectivity index (χ1n) is 7.37. The topological polar surface area (TPSA) is 54.4 Å². The first kappa shape index (κ1) is 16.9. The van der Waals surface area contributed by atoms with Gasteiger partial charge < -0.3 is 5.11 Å². The van der Waals surface area contributed by atoms with Crippen LogP contribution < -0.4 is 0 Å². The van der Waals surface area contributed by atoms with Crippen LogP contribution in [0.2, 0.25) is 0 Å². The molecule has 0 amide bonds. The Kier molecular flexibility index (Phi) is 8.19. The second-order valence-corrected chi connectivity index (χ2v) is 6.57. The highest BCUT2D eigenvalue weighted by molar-refractivity contribution is 7.85. The average molecular weight is 296 g/mol. The fourth-order valence-electron chi connectivity index (χ4n) is 2.08. The van der Waals surface area contributed by atoms with Gasteiger partial charge in [0.25, 0.3) is 0 Å². The van der Waals surface area contributed by atoms with E-state index in [1.165, 1.54) is 44.2 Å². The minimum atomic E-state index is -1.08. The molecule has 1 unspecified atom stereocenters. The van der Waals surface area contributed by atoms with Gasteiger partial charge in [-0.05, 0) is 24.6 Å². The summed E-state index contributed by atoms with van der Waals surface area (Å²) in [5.74, 6) is -0.351. The number of aromatic carboxylic acids is 1. The third-order valence-corrected chi connectivity index (χ3v) is 4.72. The molecule has 0 aliphatic carbocycles. The van der Waals surface area contributed by atoms with Gasteiger partial charge in [-0.3, -0.25) is 4.21 Å². The molecule has 112 valence electrons. The van der Waals surface area contributed by atoms with Crippen LogP contribution in [0.15, 0.2) is 29.2 Å². The molecule has 1 rings (SSSR count). The Bertz CT molecular complexity index is 443. The standard InChI is InChI=1S/C16H24O3S/c1-2-3-4-5-6-7-8-12-20(19)15-11-9-10-14(13-15)16(17)18/h9-11,13H,2-8,12H2,1H3,(H,17,18). The van der Waals surface area contributed by atoms with Crippen molar-refractivity contribution in [2.45, 2.75) is 56.8 Å². The first-order chi connectivity index (χ1) is 9.65. The van der Waals surface area contributed by atoms with E-state index in [0.717, 1.165) is 12.8 Å². The van der Waals surface area contributed by atoms with Gasteiger partial charge in [-0.1, -0.05) is 51.5 Å². The minimum absolute atomic E-state index is 0.204. The van der Waals surface area contributed by atoms with Crippen LogP contribution in [-0.4, -0.2) is 21.0 Å². The van der Waals surface area contributed by atoms with E-state index in [1.807, 2.05) is 0 Å². The lowest BCUT2D eigenvalue weighted by atomic mass is 10.1. The molecule has 0 saturated carbocycles. The molecular formula is C16H24O3S. The highest BCUT2D eigenvalue weighted by Crippen LogP contribution is 2.13. The summed E-state index contributed by atoms with van der Waals surface area (Å²) in [6, 6.07) is 6.43. The van der Waals surface area contributed by atoms with Crippen LogP contribution >= 0.6 is 0 Å². The third kappa shape index (κ3) is 6.33. The number of hydrogen-bond acceptors (Lipinski definition) is 2. The summed E-state index contributed by atoms with van der Waals surface area (Å²) in [5, 5.41) is 8.91. The minimum Gasteiger partial charge on any atom is -0.478 e. The fourth-order valence-corrected chi connectivity index (χ4v) is 3.27. The number of carbonyl (C=O) groups is 1. The summed E-state index contributed by atoms with van der Waals surface area (Å²) >= 11 is 0. The molecule has 4 heteroatoms. The van der Waals surface area contributed by atoms with Crippen LogP contribution in [0.3, 0.4) is 0 Å². The van der Waals surface area contributed by atoms with E-state index in [-0.39, 0.29) is 5.56 Å². The van der Waals surface area contributed by atoms with Crippen molar-refractivity contribution in [3.63, 3.8) is 0 Å². The highest BCUT2D eigenvalue weighted by Gasteiger charge is 2.08. The SMILES string of the molecule is CCCCCCCCCS(=O)c1cccc(C(=O)O)c1. The third-order valence-electron chi connectivity index (χ3n) is 3.28. The maximum atomic E-state index is 12.1. The molecule has 0 aromatic heterocycles. The summed E-state index contributed by atoms with van der Waals surface area (Å²) in [5.41, 5.74) is 0.204. The zero-order valence-electron chi connectivity index (χ0n) is 12.1. The summed E-state index contributed by atoms with van der Waals surface area (Å²) in [4.78, 5) is 11.5. The van der Waals surface area contributed by atoms with E-state index in [9.17, 15) is 9.00 Å². The number of hydrogen-bond donors (Lipinski definition) is 1. The Morgan fingerprint density at radius 1 is 1.10 bits per heavy atom. The molecule has 0 bridgehead atoms. The van der Waals surface area contributed by atoms with Gasteiger partial charge in [0.1, 0.15) is 0 Å². The molecule has 1 atom stereocenters. The second-order valence-electron chi connectivity index (χ2n) is 5.00. The van der Waals surface area contributed by atoms with Crippen LogP contribution in [0.1, 0.15) is 62.2 Å². The quantitative estimate of drug-likeness (QED) is 0.657. The molecule has 1 aromatic carbocycles. The Balaban J connectivity index is 2.29. The number of unbranched alkanes of at least 4 members (excludes halogenated alkanes) is 6. The van der Waals surface area contributed by atoms with Crippen LogP contribution in [0.5, 0.6) is 0 Å². The van der Waals surface area contributed by atoms with Crippen molar-refractivity contribution in [2.24, 2.45) is 0 Å². The van der Waals surface area contributed by atoms with Crippen LogP contribution in [0.4, 0.5) is 0 Å². The Labute approximate surface area is 123 Å². The van der Waals surface area contributed by atoms with Gasteiger partial charge >= 0.3 is 5.97 Å². The zero-order valence-corrected chi connectivity index (χ0v) is 13.0. The lowest BCUT2D eigenvalue weighted by molar-refractivity contribution is 0.0696. The molecule has 0 heterocycles. The summed E-state index contributed by atoms with van der Waals surface area (Å²) in [6.45, 7) is 2.20. The highest BCUT2D eigenvalue weighted by atomic mass is 32.2. The van der Waals surface area contributed by atoms with Crippen molar-refractivity contribution in [3.05, 3.63) is 29.8 Å². The maximum Gasteiger partial charge on any atom is 0.335 e. The predicted molar refractivity (Wildman–Crippen MR) is 82.7 cm³/mol. The Morgan fingerprint density at radius 2 is 1.75 bits per heavy atom. The average Bonchev–Trinajstić information content (AvgIpc) is 2.46. The van der Waals surface area contributed by atoms with Gasteiger partial charge in [0, 0.05) is 10.6 Å². The van der Waals surface area contributed by atoms with Crippen molar-refractivity contribution in [1.29, 1.82) is 0 Å². The molecule has 20 heavy (non-hydrogen) atoms. The molecule has 0 radical (unpaired) electrons. The molecular weight excluding hydrogens is 272 g/mol. The van der Waals surface area contributed by atoms with Gasteiger partial charge in [-0.2, -0.15) is 0 Å². The van der Waals surface area contributed by atoms with E-state index in [1.54, 1.807) is 12.1 Å². The van der Waals surface area contributed by atoms with Gasteiger partial charge in [-0.25, -0.2) is 4.79 Å². The van der Waals surface area contributed by atoms with E-state index in [4.69, 9.17) is 5.11 Å². The Morgan fingerprint density at radius 3 is 2.40 bits per heavy atom. The molecule has 0 saturated heterocycles. The van der Waals surface area contributed by atoms with Crippen molar-refractivity contribution in [3.8, 4) is 0 Å². The monoisotopic (exact) mass is 296 g/mol. The molecule has 0 aliphatic rings. The number of benzene rings is 1. The van der Waals surface area contributed by atoms with E-state index in [0.29, 0.717) is 10.6 Å². The van der Waals surface area contributed by atoms with Crippen molar-refractivity contribution in [2.75, 3.05) is 5.75 Å². The van der Waals surface area contributed by atoms with Gasteiger partial charge in [0.05, 0.1) is 16.4 Å². The van der Waals surface area contributed by atoms with Gasteiger partial charge in [0.2, 0.25) is 0 Å². The number of carboxylic acids is 1. The molecule has 1 aromatic rings. The van der Waals surface area contributed by atoms with Gasteiger partial charge in [0.15, 0.2) is 0 Å². The van der Waals surface area contributed by atoms with Crippen molar-refractivity contribution >= 4 is 16.8 Å². The fraction of sp³-hybridized carbons (Fsp3) is 0.562. The number of carboxylic acid groups (broad SMARTS) is 1. The van der Waals surface area contributed by atoms with Crippen LogP contribution in [0, 0.1) is 0 Å². The summed E-state index contributed by atoms with van der Waals surface area (Å²) in [7, 11) is -1.08.